The van der Waals surface area contributed by atoms with Crippen LogP contribution in [-0.2, 0) is 10.3 Å². The van der Waals surface area contributed by atoms with Gasteiger partial charge in [-0.05, 0) is 30.9 Å². The van der Waals surface area contributed by atoms with Crippen molar-refractivity contribution in [3.63, 3.8) is 0 Å². The number of nitrogens with zero attached hydrogens (tertiary/aromatic N) is 3. The molecule has 3 aliphatic rings. The molecule has 6 rings (SSSR count). The van der Waals surface area contributed by atoms with Gasteiger partial charge >= 0.3 is 0 Å². The lowest BCUT2D eigenvalue weighted by Crippen LogP contribution is -2.47. The van der Waals surface area contributed by atoms with Crippen LogP contribution in [-0.4, -0.2) is 34.2 Å². The largest absolute Gasteiger partial charge is 0.483 e. The van der Waals surface area contributed by atoms with Crippen molar-refractivity contribution in [2.75, 3.05) is 13.2 Å². The molecule has 0 atom stereocenters. The van der Waals surface area contributed by atoms with Crippen LogP contribution in [0.15, 0.2) is 40.8 Å². The number of carbonyl (C=O) groups is 1. The van der Waals surface area contributed by atoms with Gasteiger partial charge in [0.1, 0.15) is 11.3 Å². The van der Waals surface area contributed by atoms with E-state index in [1.54, 1.807) is 19.1 Å². The molecule has 7 heteroatoms. The average Bonchev–Trinajstić information content (AvgIpc) is 3.33. The lowest BCUT2D eigenvalue weighted by Gasteiger charge is -2.38. The predicted octanol–water partition coefficient (Wildman–Crippen LogP) is 3.71. The van der Waals surface area contributed by atoms with Gasteiger partial charge in [0.05, 0.1) is 0 Å². The van der Waals surface area contributed by atoms with Gasteiger partial charge in [0.2, 0.25) is 11.8 Å². The molecule has 0 unspecified atom stereocenters. The van der Waals surface area contributed by atoms with E-state index in [-0.39, 0.29) is 12.5 Å². The summed E-state index contributed by atoms with van der Waals surface area (Å²) in [5.74, 6) is 2.14. The van der Waals surface area contributed by atoms with Crippen molar-refractivity contribution in [2.45, 2.75) is 25.3 Å². The van der Waals surface area contributed by atoms with Gasteiger partial charge in [0.25, 0.3) is 5.91 Å². The topological polar surface area (TPSA) is 68.5 Å². The highest BCUT2D eigenvalue weighted by Crippen LogP contribution is 2.56. The van der Waals surface area contributed by atoms with E-state index in [0.29, 0.717) is 35.0 Å². The molecular formula is C20H18ClN3O3. The summed E-state index contributed by atoms with van der Waals surface area (Å²) in [5, 5.41) is 10.6. The highest BCUT2D eigenvalue weighted by molar-refractivity contribution is 6.35. The number of fused-ring (bicyclic) bond motifs is 2. The number of aryl methyl sites for hydroxylation is 1. The molecule has 2 bridgehead atoms. The summed E-state index contributed by atoms with van der Waals surface area (Å²) in [7, 11) is 0. The van der Waals surface area contributed by atoms with E-state index in [0.717, 1.165) is 23.6 Å². The molecule has 138 valence electrons. The zero-order valence-corrected chi connectivity index (χ0v) is 15.6. The number of halogens is 1. The van der Waals surface area contributed by atoms with Crippen molar-refractivity contribution in [3.8, 4) is 5.75 Å². The van der Waals surface area contributed by atoms with E-state index in [1.807, 2.05) is 29.2 Å². The van der Waals surface area contributed by atoms with E-state index >= 15 is 0 Å². The van der Waals surface area contributed by atoms with Crippen molar-refractivity contribution < 1.29 is 13.9 Å². The lowest BCUT2D eigenvalue weighted by atomic mass is 9.73. The zero-order chi connectivity index (χ0) is 18.6. The summed E-state index contributed by atoms with van der Waals surface area (Å²) in [6.07, 6.45) is 1.76. The van der Waals surface area contributed by atoms with E-state index < -0.39 is 5.54 Å². The van der Waals surface area contributed by atoms with Crippen LogP contribution in [0.5, 0.6) is 5.75 Å². The van der Waals surface area contributed by atoms with Crippen LogP contribution in [0.4, 0.5) is 0 Å². The van der Waals surface area contributed by atoms with Crippen molar-refractivity contribution in [1.82, 2.24) is 15.1 Å². The van der Waals surface area contributed by atoms with Gasteiger partial charge in [-0.2, -0.15) is 0 Å². The molecule has 2 saturated heterocycles. The van der Waals surface area contributed by atoms with E-state index in [4.69, 9.17) is 20.8 Å². The minimum atomic E-state index is -0.450. The third-order valence-corrected chi connectivity index (χ3v) is 5.95. The Morgan fingerprint density at radius 3 is 2.78 bits per heavy atom. The fraction of sp³-hybridized carbons (Fsp3) is 0.350. The molecule has 0 N–H and O–H groups in total. The Bertz CT molecular complexity index is 1040. The van der Waals surface area contributed by atoms with Gasteiger partial charge < -0.3 is 14.1 Å². The second-order valence-electron chi connectivity index (χ2n) is 7.32. The maximum Gasteiger partial charge on any atom is 0.261 e. The first-order valence-electron chi connectivity index (χ1n) is 8.98. The highest BCUT2D eigenvalue weighted by atomic mass is 35.5. The molecule has 0 radical (unpaired) electrons. The van der Waals surface area contributed by atoms with E-state index in [2.05, 4.69) is 10.2 Å². The van der Waals surface area contributed by atoms with Crippen molar-refractivity contribution in [2.24, 2.45) is 5.92 Å². The zero-order valence-electron chi connectivity index (χ0n) is 14.8. The van der Waals surface area contributed by atoms with E-state index in [1.165, 1.54) is 0 Å². The number of hydrogen-bond acceptors (Lipinski definition) is 5. The number of carbonyl (C=O) groups excluding carboxylic acids is 1. The summed E-state index contributed by atoms with van der Waals surface area (Å²) in [5.41, 5.74) is -0.450. The monoisotopic (exact) mass is 383 g/mol. The van der Waals surface area contributed by atoms with Crippen LogP contribution in [0.3, 0.4) is 0 Å². The van der Waals surface area contributed by atoms with Crippen LogP contribution in [0.25, 0.3) is 10.8 Å². The first-order chi connectivity index (χ1) is 13.1. The normalized spacial score (nSPS) is 23.5. The maximum atomic E-state index is 12.9. The first kappa shape index (κ1) is 16.6. The fourth-order valence-electron chi connectivity index (χ4n) is 4.37. The Labute approximate surface area is 161 Å². The molecule has 6 nitrogen and oxygen atoms in total. The Morgan fingerprint density at radius 2 is 2.04 bits per heavy atom. The Hall–Kier alpha value is -2.60. The third kappa shape index (κ3) is 2.51. The molecule has 3 heterocycles. The maximum absolute atomic E-state index is 12.9. The standard InChI is InChI=1S/C20H18ClN3O3/c1-12-22-23-19(27-12)20-8-13(9-20)10-24(20)18(25)11-26-17-7-6-16(21)14-4-2-3-5-15(14)17/h2-7,13H,8-11H2,1H3. The SMILES string of the molecule is Cc1nnc(C23CC(CN2C(=O)COc2ccc(Cl)c4ccccc24)C3)o1. The van der Waals surface area contributed by atoms with Crippen LogP contribution in [0.1, 0.15) is 24.6 Å². The van der Waals surface area contributed by atoms with Gasteiger partial charge in [-0.15, -0.1) is 10.2 Å². The highest BCUT2D eigenvalue weighted by Gasteiger charge is 2.61. The van der Waals surface area contributed by atoms with Gasteiger partial charge in [-0.25, -0.2) is 0 Å². The predicted molar refractivity (Wildman–Crippen MR) is 99.6 cm³/mol. The molecule has 2 aromatic carbocycles. The minimum absolute atomic E-state index is 0.0345. The first-order valence-corrected chi connectivity index (χ1v) is 9.36. The van der Waals surface area contributed by atoms with Crippen LogP contribution >= 0.6 is 11.6 Å². The fourth-order valence-corrected chi connectivity index (χ4v) is 4.60. The second kappa shape index (κ2) is 5.96. The van der Waals surface area contributed by atoms with Gasteiger partial charge in [0.15, 0.2) is 6.61 Å². The molecule has 1 amide bonds. The molecule has 3 fully saturated rings. The molecule has 0 spiro atoms. The smallest absolute Gasteiger partial charge is 0.261 e. The molecule has 1 aliphatic carbocycles. The van der Waals surface area contributed by atoms with Crippen LogP contribution < -0.4 is 4.74 Å². The number of rotatable bonds is 4. The summed E-state index contributed by atoms with van der Waals surface area (Å²) >= 11 is 6.25. The quantitative estimate of drug-likeness (QED) is 0.687. The average molecular weight is 384 g/mol. The molecular weight excluding hydrogens is 366 g/mol. The summed E-state index contributed by atoms with van der Waals surface area (Å²) in [6, 6.07) is 11.3. The number of ether oxygens (including phenoxy) is 1. The van der Waals surface area contributed by atoms with Gasteiger partial charge in [0, 0.05) is 29.3 Å². The Balaban J connectivity index is 1.37. The molecule has 2 aliphatic heterocycles. The Kier molecular flexibility index (Phi) is 3.65. The van der Waals surface area contributed by atoms with E-state index in [9.17, 15) is 4.79 Å². The number of aromatic nitrogens is 2. The lowest BCUT2D eigenvalue weighted by molar-refractivity contribution is -0.138. The summed E-state index contributed by atoms with van der Waals surface area (Å²) in [4.78, 5) is 14.8. The minimum Gasteiger partial charge on any atom is -0.483 e. The van der Waals surface area contributed by atoms with Crippen LogP contribution in [0.2, 0.25) is 5.02 Å². The van der Waals surface area contributed by atoms with Crippen LogP contribution in [0, 0.1) is 12.8 Å². The second-order valence-corrected chi connectivity index (χ2v) is 7.72. The summed E-state index contributed by atoms with van der Waals surface area (Å²) < 4.78 is 11.5. The van der Waals surface area contributed by atoms with Gasteiger partial charge in [-0.3, -0.25) is 4.79 Å². The Morgan fingerprint density at radius 1 is 1.26 bits per heavy atom. The third-order valence-electron chi connectivity index (χ3n) is 5.62. The number of amides is 1. The molecule has 27 heavy (non-hydrogen) atoms. The van der Waals surface area contributed by atoms with Gasteiger partial charge in [-0.1, -0.05) is 35.9 Å². The molecule has 1 saturated carbocycles. The van der Waals surface area contributed by atoms with Crippen molar-refractivity contribution in [1.29, 1.82) is 0 Å². The summed E-state index contributed by atoms with van der Waals surface area (Å²) in [6.45, 7) is 2.44. The van der Waals surface area contributed by atoms with Crippen molar-refractivity contribution >= 4 is 28.3 Å². The molecule has 1 aromatic heterocycles. The van der Waals surface area contributed by atoms with Crippen molar-refractivity contribution in [3.05, 3.63) is 53.2 Å². The number of hydrogen-bond donors (Lipinski definition) is 0. The molecule has 3 aromatic rings. The number of benzene rings is 2.